The predicted molar refractivity (Wildman–Crippen MR) is 131 cm³/mol. The van der Waals surface area contributed by atoms with Gasteiger partial charge in [-0.05, 0) is 95.2 Å². The molecule has 0 aliphatic carbocycles. The smallest absolute Gasteiger partial charge is 0.0704 e. The highest BCUT2D eigenvalue weighted by atomic mass is 16.6. The minimum Gasteiger partial charge on any atom is -0.377 e. The van der Waals surface area contributed by atoms with Crippen molar-refractivity contribution >= 4 is 0 Å². The summed E-state index contributed by atoms with van der Waals surface area (Å²) in [5.41, 5.74) is 0.620. The van der Waals surface area contributed by atoms with Crippen molar-refractivity contribution in [1.29, 1.82) is 0 Å². The van der Waals surface area contributed by atoms with E-state index in [1.165, 1.54) is 0 Å². The van der Waals surface area contributed by atoms with Crippen LogP contribution in [0.15, 0.2) is 0 Å². The molecule has 6 heteroatoms. The fourth-order valence-electron chi connectivity index (χ4n) is 5.66. The van der Waals surface area contributed by atoms with E-state index in [0.29, 0.717) is 51.8 Å². The van der Waals surface area contributed by atoms with E-state index >= 15 is 0 Å². The van der Waals surface area contributed by atoms with Crippen LogP contribution >= 0.6 is 0 Å². The number of hydrogen-bond acceptors (Lipinski definition) is 6. The standard InChI is InChI=1S/C26H52N2O4/c1-23(2)17-21(18-24(3,4)27(23)9)31-15-13-29-11-12-30-14-16-32-22-19-25(5,6)28(10)26(7,8)20-22/h21-22H,11-20H2,1-10H3. The number of hydrogen-bond donors (Lipinski definition) is 0. The first-order valence-electron chi connectivity index (χ1n) is 12.5. The molecule has 0 radical (unpaired) electrons. The molecule has 2 saturated heterocycles. The van der Waals surface area contributed by atoms with Gasteiger partial charge in [-0.2, -0.15) is 0 Å². The first kappa shape index (κ1) is 28.0. The van der Waals surface area contributed by atoms with Gasteiger partial charge in [0.2, 0.25) is 0 Å². The Morgan fingerprint density at radius 1 is 0.500 bits per heavy atom. The van der Waals surface area contributed by atoms with Gasteiger partial charge < -0.3 is 18.9 Å². The third kappa shape index (κ3) is 7.64. The van der Waals surface area contributed by atoms with E-state index in [-0.39, 0.29) is 22.2 Å². The predicted octanol–water partition coefficient (Wildman–Crippen LogP) is 4.36. The van der Waals surface area contributed by atoms with Crippen LogP contribution in [0, 0.1) is 0 Å². The van der Waals surface area contributed by atoms with Gasteiger partial charge in [0.15, 0.2) is 0 Å². The summed E-state index contributed by atoms with van der Waals surface area (Å²) in [6.07, 6.45) is 4.82. The molecular formula is C26H52N2O4. The highest BCUT2D eigenvalue weighted by Gasteiger charge is 2.44. The lowest BCUT2D eigenvalue weighted by atomic mass is 9.79. The minimum absolute atomic E-state index is 0.155. The molecule has 0 saturated carbocycles. The monoisotopic (exact) mass is 456 g/mol. The van der Waals surface area contributed by atoms with Crippen molar-refractivity contribution in [3.8, 4) is 0 Å². The summed E-state index contributed by atoms with van der Waals surface area (Å²) in [6, 6.07) is 0. The summed E-state index contributed by atoms with van der Waals surface area (Å²) >= 11 is 0. The van der Waals surface area contributed by atoms with Crippen LogP contribution in [0.5, 0.6) is 0 Å². The second-order valence-electron chi connectivity index (χ2n) is 12.4. The second-order valence-corrected chi connectivity index (χ2v) is 12.4. The van der Waals surface area contributed by atoms with E-state index in [2.05, 4.69) is 79.3 Å². The molecule has 0 unspecified atom stereocenters. The van der Waals surface area contributed by atoms with Crippen molar-refractivity contribution in [3.63, 3.8) is 0 Å². The molecule has 0 aromatic heterocycles. The minimum atomic E-state index is 0.155. The van der Waals surface area contributed by atoms with Crippen LogP contribution in [0.4, 0.5) is 0 Å². The molecule has 0 spiro atoms. The Bertz CT molecular complexity index is 490. The zero-order chi connectivity index (χ0) is 24.2. The Kier molecular flexibility index (Phi) is 9.63. The van der Waals surface area contributed by atoms with E-state index in [1.54, 1.807) is 0 Å². The molecule has 0 amide bonds. The van der Waals surface area contributed by atoms with Crippen molar-refractivity contribution in [2.75, 3.05) is 53.7 Å². The summed E-state index contributed by atoms with van der Waals surface area (Å²) in [5.74, 6) is 0. The molecule has 2 fully saturated rings. The Labute approximate surface area is 198 Å². The molecular weight excluding hydrogens is 404 g/mol. The lowest BCUT2D eigenvalue weighted by Crippen LogP contribution is -2.60. The Morgan fingerprint density at radius 3 is 1.03 bits per heavy atom. The molecule has 32 heavy (non-hydrogen) atoms. The maximum atomic E-state index is 6.14. The summed E-state index contributed by atoms with van der Waals surface area (Å²) in [5, 5.41) is 0. The molecule has 0 bridgehead atoms. The van der Waals surface area contributed by atoms with E-state index in [0.717, 1.165) is 25.7 Å². The zero-order valence-corrected chi connectivity index (χ0v) is 22.8. The average molecular weight is 457 g/mol. The van der Waals surface area contributed by atoms with E-state index in [1.807, 2.05) is 0 Å². The van der Waals surface area contributed by atoms with Gasteiger partial charge in [-0.1, -0.05) is 0 Å². The fourth-order valence-corrected chi connectivity index (χ4v) is 5.66. The maximum absolute atomic E-state index is 6.14. The summed E-state index contributed by atoms with van der Waals surface area (Å²) in [7, 11) is 4.44. The third-order valence-corrected chi connectivity index (χ3v) is 8.08. The Morgan fingerprint density at radius 2 is 0.750 bits per heavy atom. The first-order valence-corrected chi connectivity index (χ1v) is 12.5. The topological polar surface area (TPSA) is 43.4 Å². The van der Waals surface area contributed by atoms with E-state index < -0.39 is 0 Å². The van der Waals surface area contributed by atoms with Crippen LogP contribution < -0.4 is 0 Å². The largest absolute Gasteiger partial charge is 0.377 e. The molecule has 2 heterocycles. The number of likely N-dealkylation sites (tertiary alicyclic amines) is 2. The van der Waals surface area contributed by atoms with Gasteiger partial charge in [0.25, 0.3) is 0 Å². The highest BCUT2D eigenvalue weighted by Crippen LogP contribution is 2.39. The molecule has 6 nitrogen and oxygen atoms in total. The zero-order valence-electron chi connectivity index (χ0n) is 22.8. The van der Waals surface area contributed by atoms with E-state index in [9.17, 15) is 0 Å². The second kappa shape index (κ2) is 11.0. The van der Waals surface area contributed by atoms with Crippen molar-refractivity contribution in [1.82, 2.24) is 9.80 Å². The summed E-state index contributed by atoms with van der Waals surface area (Å²) < 4.78 is 23.7. The summed E-state index contributed by atoms with van der Waals surface area (Å²) in [4.78, 5) is 4.96. The third-order valence-electron chi connectivity index (χ3n) is 8.08. The number of rotatable bonds is 11. The first-order chi connectivity index (χ1) is 14.7. The van der Waals surface area contributed by atoms with Crippen molar-refractivity contribution in [2.24, 2.45) is 0 Å². The quantitative estimate of drug-likeness (QED) is 0.431. The number of ether oxygens (including phenoxy) is 4. The molecule has 190 valence electrons. The highest BCUT2D eigenvalue weighted by molar-refractivity contribution is 4.99. The fraction of sp³-hybridized carbons (Fsp3) is 1.00. The molecule has 0 atom stereocenters. The SMILES string of the molecule is CN1C(C)(C)CC(OCCOCCOCCOC2CC(C)(C)N(C)C(C)(C)C2)CC1(C)C. The van der Waals surface area contributed by atoms with E-state index in [4.69, 9.17) is 18.9 Å². The molecule has 2 rings (SSSR count). The van der Waals surface area contributed by atoms with Crippen LogP contribution in [-0.4, -0.2) is 97.9 Å². The Hall–Kier alpha value is -0.240. The molecule has 2 aliphatic rings. The summed E-state index contributed by atoms with van der Waals surface area (Å²) in [6.45, 7) is 22.1. The lowest BCUT2D eigenvalue weighted by Gasteiger charge is -2.53. The van der Waals surface area contributed by atoms with Gasteiger partial charge in [0.05, 0.1) is 51.8 Å². The molecule has 2 aliphatic heterocycles. The van der Waals surface area contributed by atoms with Crippen molar-refractivity contribution in [2.45, 2.75) is 115 Å². The number of piperidine rings is 2. The van der Waals surface area contributed by atoms with Crippen LogP contribution in [0.3, 0.4) is 0 Å². The van der Waals surface area contributed by atoms with Gasteiger partial charge in [-0.25, -0.2) is 0 Å². The van der Waals surface area contributed by atoms with Crippen LogP contribution in [0.2, 0.25) is 0 Å². The van der Waals surface area contributed by atoms with Crippen LogP contribution in [0.25, 0.3) is 0 Å². The van der Waals surface area contributed by atoms with Gasteiger partial charge in [-0.15, -0.1) is 0 Å². The lowest BCUT2D eigenvalue weighted by molar-refractivity contribution is -0.105. The van der Waals surface area contributed by atoms with Crippen LogP contribution in [-0.2, 0) is 18.9 Å². The van der Waals surface area contributed by atoms with Gasteiger partial charge in [0, 0.05) is 22.2 Å². The maximum Gasteiger partial charge on any atom is 0.0704 e. The molecule has 0 aromatic carbocycles. The average Bonchev–Trinajstić information content (AvgIpc) is 2.64. The normalized spacial score (nSPS) is 26.4. The van der Waals surface area contributed by atoms with Crippen molar-refractivity contribution < 1.29 is 18.9 Å². The molecule has 0 aromatic rings. The van der Waals surface area contributed by atoms with Crippen LogP contribution in [0.1, 0.15) is 81.1 Å². The van der Waals surface area contributed by atoms with Crippen molar-refractivity contribution in [3.05, 3.63) is 0 Å². The number of nitrogens with zero attached hydrogens (tertiary/aromatic N) is 2. The molecule has 0 N–H and O–H groups in total. The van der Waals surface area contributed by atoms with Gasteiger partial charge in [-0.3, -0.25) is 9.80 Å². The van der Waals surface area contributed by atoms with Gasteiger partial charge >= 0.3 is 0 Å². The Balaban J connectivity index is 1.50. The van der Waals surface area contributed by atoms with Gasteiger partial charge in [0.1, 0.15) is 0 Å².